The number of benzene rings is 4. The highest BCUT2D eigenvalue weighted by atomic mass is 16.5. The van der Waals surface area contributed by atoms with E-state index in [4.69, 9.17) is 33.2 Å². The van der Waals surface area contributed by atoms with Crippen LogP contribution in [-0.2, 0) is 70.2 Å². The number of Topliss-reactive ketones (excluding diaryl/α,β-unsaturated/α-hetero) is 1. The number of aryl methyl sites for hydroxylation is 1. The number of esters is 2. The number of ketones is 1. The highest BCUT2D eigenvalue weighted by Gasteiger charge is 2.43. The fourth-order valence-electron chi connectivity index (χ4n) is 10.9. The molecule has 0 unspecified atom stereocenters. The van der Waals surface area contributed by atoms with E-state index in [1.165, 1.54) is 74.9 Å². The molecule has 0 saturated carbocycles. The fraction of sp³-hybridized carbons (Fsp3) is 0.529. The van der Waals surface area contributed by atoms with E-state index in [9.17, 15) is 38.4 Å². The maximum Gasteiger partial charge on any atom is 0.330 e. The van der Waals surface area contributed by atoms with Crippen molar-refractivity contribution in [2.45, 2.75) is 154 Å². The van der Waals surface area contributed by atoms with Gasteiger partial charge < -0.3 is 63.4 Å². The first-order valence-electron chi connectivity index (χ1n) is 31.7. The Bertz CT molecular complexity index is 3270. The summed E-state index contributed by atoms with van der Waals surface area (Å²) < 4.78 is 41.1. The molecule has 6 amide bonds. The number of methoxy groups -OCH3 is 3. The van der Waals surface area contributed by atoms with Gasteiger partial charge in [0.15, 0.2) is 18.1 Å². The number of ether oxygens (including phenoxy) is 7. The van der Waals surface area contributed by atoms with Crippen molar-refractivity contribution in [1.82, 2.24) is 30.2 Å². The number of allylic oxidation sites excluding steroid dienone is 1. The molecule has 2 aliphatic rings. The average Bonchev–Trinajstić information content (AvgIpc) is 0.955. The lowest BCUT2D eigenvalue weighted by atomic mass is 9.87. The van der Waals surface area contributed by atoms with E-state index < -0.39 is 114 Å². The van der Waals surface area contributed by atoms with Crippen molar-refractivity contribution in [2.24, 2.45) is 5.41 Å². The standard InChI is InChI=1S/C70H94N6O16/c1-13-14-28-53-65(82)72-52(38-46-31-32-47-24-18-19-25-48(47)37-46)66(83)75(9)55(43-91-69(2,3)4)64(81)71-42-60(77)73(7)35-21-16-15-17-30-62(79)90-45-70(5,6)63(80)67(84)76-36-22-20-29-54(76)68(85)92-56(49-26-23-27-51(39-49)89-44-61(78)74(53)8)34-33-50-40-58(87-11)59(88-12)41-57(50)86-10/h17-19,23-27,30-32,37,39-41,52-56H,13-16,20-22,28-29,33-36,38,42-45H2,1-12H3,(H,71,81)(H,72,82)/t52-,53-,54-,55-,56+/m0/s1. The lowest BCUT2D eigenvalue weighted by molar-refractivity contribution is -0.165. The number of nitrogens with zero attached hydrogens (tertiary/aromatic N) is 4. The van der Waals surface area contributed by atoms with Crippen LogP contribution in [0.3, 0.4) is 0 Å². The van der Waals surface area contributed by atoms with Crippen LogP contribution >= 0.6 is 0 Å². The van der Waals surface area contributed by atoms with E-state index in [1.807, 2.05) is 49.4 Å². The van der Waals surface area contributed by atoms with Crippen molar-refractivity contribution in [3.8, 4) is 23.0 Å². The number of nitrogens with one attached hydrogen (secondary N) is 2. The molecule has 0 aliphatic carbocycles. The molecule has 6 rings (SSSR count). The van der Waals surface area contributed by atoms with E-state index in [2.05, 4.69) is 10.6 Å². The van der Waals surface area contributed by atoms with Crippen molar-refractivity contribution < 1.29 is 76.3 Å². The Kier molecular flexibility index (Phi) is 27.0. The van der Waals surface area contributed by atoms with Gasteiger partial charge in [-0.1, -0.05) is 80.4 Å². The average molecular weight is 1280 g/mol. The van der Waals surface area contributed by atoms with Crippen LogP contribution in [0, 0.1) is 5.41 Å². The van der Waals surface area contributed by atoms with E-state index in [0.717, 1.165) is 10.8 Å². The Morgan fingerprint density at radius 1 is 0.707 bits per heavy atom. The Balaban J connectivity index is 1.35. The molecular formula is C70H94N6O16. The third-order valence-electron chi connectivity index (χ3n) is 16.6. The van der Waals surface area contributed by atoms with Gasteiger partial charge in [0.05, 0.1) is 45.5 Å². The number of fused-ring (bicyclic) bond motifs is 4. The predicted octanol–water partition coefficient (Wildman–Crippen LogP) is 7.68. The summed E-state index contributed by atoms with van der Waals surface area (Å²) in [7, 11) is 9.07. The highest BCUT2D eigenvalue weighted by Crippen LogP contribution is 2.38. The third kappa shape index (κ3) is 20.5. The van der Waals surface area contributed by atoms with Crippen molar-refractivity contribution >= 4 is 63.9 Å². The van der Waals surface area contributed by atoms with E-state index >= 15 is 4.79 Å². The Hall–Kier alpha value is -8.53. The third-order valence-corrected chi connectivity index (χ3v) is 16.6. The molecule has 22 nitrogen and oxygen atoms in total. The number of rotatable bonds is 13. The van der Waals surface area contributed by atoms with Gasteiger partial charge in [-0.15, -0.1) is 0 Å². The molecule has 4 aromatic carbocycles. The second-order valence-corrected chi connectivity index (χ2v) is 25.1. The van der Waals surface area contributed by atoms with Gasteiger partial charge in [-0.05, 0) is 138 Å². The van der Waals surface area contributed by atoms with Crippen molar-refractivity contribution in [2.75, 3.05) is 81.9 Å². The first kappa shape index (κ1) is 72.5. The molecule has 22 heteroatoms. The number of hydrogen-bond acceptors (Lipinski definition) is 16. The maximum atomic E-state index is 15.1. The number of carbonyl (C=O) groups excluding carboxylic acids is 9. The fourth-order valence-corrected chi connectivity index (χ4v) is 10.9. The predicted molar refractivity (Wildman–Crippen MR) is 346 cm³/mol. The SMILES string of the molecule is CCCC[C@H]1C(=O)N[C@@H](Cc2ccc3ccccc3c2)C(=O)N(C)[C@@H](COC(C)(C)C)C(=O)NCC(=O)N(C)CCCCC=CC(=O)OCC(C)(C)C(=O)C(=O)N2CCCC[C@H]2C(=O)O[C@H](CCc2cc(OC)c(OC)cc2OC)c2cccc(c2)OCC(=O)N1C. The normalized spacial score (nSPS) is 21.4. The van der Waals surface area contributed by atoms with Gasteiger partial charge in [0, 0.05) is 52.8 Å². The summed E-state index contributed by atoms with van der Waals surface area (Å²) in [4.78, 5) is 133. The molecule has 2 aliphatic heterocycles. The number of likely N-dealkylation sites (N-methyl/N-ethyl adjacent to an activating group) is 3. The molecule has 0 spiro atoms. The van der Waals surface area contributed by atoms with Gasteiger partial charge in [0.25, 0.3) is 11.8 Å². The molecule has 2 bridgehead atoms. The molecule has 5 atom stereocenters. The quantitative estimate of drug-likeness (QED) is 0.0961. The van der Waals surface area contributed by atoms with Gasteiger partial charge in [-0.3, -0.25) is 33.6 Å². The van der Waals surface area contributed by atoms with E-state index in [1.54, 1.807) is 70.3 Å². The zero-order valence-electron chi connectivity index (χ0n) is 55.6. The summed E-state index contributed by atoms with van der Waals surface area (Å²) in [5.74, 6) is -4.54. The van der Waals surface area contributed by atoms with Crippen LogP contribution in [0.15, 0.2) is 91.0 Å². The lowest BCUT2D eigenvalue weighted by Crippen LogP contribution is -2.59. The minimum Gasteiger partial charge on any atom is -0.496 e. The zero-order valence-corrected chi connectivity index (χ0v) is 55.6. The summed E-state index contributed by atoms with van der Waals surface area (Å²) in [6.07, 6.45) is 6.57. The molecule has 4 aromatic rings. The Morgan fingerprint density at radius 3 is 2.12 bits per heavy atom. The number of hydrogen-bond donors (Lipinski definition) is 2. The van der Waals surface area contributed by atoms with Crippen LogP contribution in [0.1, 0.15) is 129 Å². The topological polar surface area (TPSA) is 255 Å². The number of unbranched alkanes of at least 4 members (excludes halogenated alkanes) is 1. The maximum absolute atomic E-state index is 15.1. The number of amides is 6. The summed E-state index contributed by atoms with van der Waals surface area (Å²) in [6.45, 7) is 9.16. The Labute approximate surface area is 540 Å². The molecule has 2 N–H and O–H groups in total. The van der Waals surface area contributed by atoms with E-state index in [0.29, 0.717) is 85.4 Å². The number of cyclic esters (lactones) is 2. The number of piperidine rings is 1. The van der Waals surface area contributed by atoms with Gasteiger partial charge in [-0.25, -0.2) is 9.59 Å². The van der Waals surface area contributed by atoms with Crippen molar-refractivity contribution in [1.29, 1.82) is 0 Å². The Morgan fingerprint density at radius 2 is 1.41 bits per heavy atom. The van der Waals surface area contributed by atoms with Crippen LogP contribution < -0.4 is 29.6 Å². The van der Waals surface area contributed by atoms with Crippen molar-refractivity contribution in [3.05, 3.63) is 108 Å². The molecule has 0 radical (unpaired) electrons. The van der Waals surface area contributed by atoms with Gasteiger partial charge in [0.1, 0.15) is 48.4 Å². The van der Waals surface area contributed by atoms with Crippen LogP contribution in [0.2, 0.25) is 0 Å². The molecule has 1 saturated heterocycles. The van der Waals surface area contributed by atoms with Gasteiger partial charge in [-0.2, -0.15) is 0 Å². The summed E-state index contributed by atoms with van der Waals surface area (Å²) in [6, 6.07) is 18.8. The molecule has 0 aromatic heterocycles. The van der Waals surface area contributed by atoms with Crippen LogP contribution in [0.5, 0.6) is 23.0 Å². The van der Waals surface area contributed by atoms with Crippen LogP contribution in [-0.4, -0.2) is 184 Å². The second kappa shape index (κ2) is 34.2. The molecular weight excluding hydrogens is 1180 g/mol. The summed E-state index contributed by atoms with van der Waals surface area (Å²) >= 11 is 0. The molecule has 92 heavy (non-hydrogen) atoms. The van der Waals surface area contributed by atoms with Gasteiger partial charge in [0.2, 0.25) is 29.4 Å². The van der Waals surface area contributed by atoms with Crippen LogP contribution in [0.4, 0.5) is 0 Å². The van der Waals surface area contributed by atoms with Crippen molar-refractivity contribution in [3.63, 3.8) is 0 Å². The minimum absolute atomic E-state index is 0.00216. The first-order chi connectivity index (χ1) is 43.8. The molecule has 2 heterocycles. The molecule has 1 fully saturated rings. The zero-order chi connectivity index (χ0) is 67.3. The highest BCUT2D eigenvalue weighted by molar-refractivity contribution is 6.38. The summed E-state index contributed by atoms with van der Waals surface area (Å²) in [5, 5.41) is 7.56. The number of carbonyl (C=O) groups is 9. The van der Waals surface area contributed by atoms with Gasteiger partial charge >= 0.3 is 11.9 Å². The largest absolute Gasteiger partial charge is 0.496 e. The monoisotopic (exact) mass is 1270 g/mol. The summed E-state index contributed by atoms with van der Waals surface area (Å²) in [5.41, 5.74) is -0.340. The second-order valence-electron chi connectivity index (χ2n) is 25.1. The molecule has 500 valence electrons. The first-order valence-corrected chi connectivity index (χ1v) is 31.7. The lowest BCUT2D eigenvalue weighted by Gasteiger charge is -2.36. The van der Waals surface area contributed by atoms with Crippen LogP contribution in [0.25, 0.3) is 10.8 Å². The van der Waals surface area contributed by atoms with E-state index in [-0.39, 0.29) is 51.0 Å². The smallest absolute Gasteiger partial charge is 0.330 e. The minimum atomic E-state index is -1.48.